The Kier molecular flexibility index (Phi) is 6.82. The molecule has 2 aromatic heterocycles. The van der Waals surface area contributed by atoms with Gasteiger partial charge in [-0.2, -0.15) is 0 Å². The molecule has 2 amide bonds. The van der Waals surface area contributed by atoms with E-state index in [0.717, 1.165) is 23.8 Å². The Hall–Kier alpha value is -3.76. The van der Waals surface area contributed by atoms with E-state index >= 15 is 0 Å². The first-order chi connectivity index (χ1) is 18.9. The Morgan fingerprint density at radius 1 is 1.13 bits per heavy atom. The molecule has 3 aromatic rings. The monoisotopic (exact) mass is 537 g/mol. The lowest BCUT2D eigenvalue weighted by Gasteiger charge is -2.34. The van der Waals surface area contributed by atoms with Gasteiger partial charge in [-0.3, -0.25) is 14.5 Å². The average Bonchev–Trinajstić information content (AvgIpc) is 3.45. The van der Waals surface area contributed by atoms with Gasteiger partial charge in [0.1, 0.15) is 5.84 Å². The van der Waals surface area contributed by atoms with Crippen molar-refractivity contribution >= 4 is 23.0 Å². The predicted octanol–water partition coefficient (Wildman–Crippen LogP) is 3.79. The summed E-state index contributed by atoms with van der Waals surface area (Å²) in [6.45, 7) is 4.32. The van der Waals surface area contributed by atoms with E-state index in [9.17, 15) is 18.4 Å². The highest BCUT2D eigenvalue weighted by atomic mass is 19.2. The molecular weight excluding hydrogens is 504 g/mol. The Labute approximate surface area is 224 Å². The van der Waals surface area contributed by atoms with Gasteiger partial charge in [0.2, 0.25) is 0 Å². The minimum absolute atomic E-state index is 0.0145. The second kappa shape index (κ2) is 10.4. The summed E-state index contributed by atoms with van der Waals surface area (Å²) in [6.07, 6.45) is 5.04. The van der Waals surface area contributed by atoms with E-state index < -0.39 is 11.6 Å². The number of hydrogen-bond acceptors (Lipinski definition) is 5. The Morgan fingerprint density at radius 2 is 1.95 bits per heavy atom. The van der Waals surface area contributed by atoms with Crippen molar-refractivity contribution in [1.82, 2.24) is 29.7 Å². The Bertz CT molecular complexity index is 1460. The zero-order valence-electron chi connectivity index (χ0n) is 21.9. The minimum atomic E-state index is -0.835. The molecule has 206 valence electrons. The van der Waals surface area contributed by atoms with Crippen LogP contribution < -0.4 is 11.0 Å². The summed E-state index contributed by atoms with van der Waals surface area (Å²) in [5.74, 6) is -0.982. The molecule has 11 heteroatoms. The lowest BCUT2D eigenvalue weighted by Crippen LogP contribution is -2.53. The van der Waals surface area contributed by atoms with Crippen molar-refractivity contribution in [3.05, 3.63) is 64.2 Å². The van der Waals surface area contributed by atoms with Gasteiger partial charge in [-0.05, 0) is 55.9 Å². The fourth-order valence-corrected chi connectivity index (χ4v) is 6.42. The summed E-state index contributed by atoms with van der Waals surface area (Å²) in [5.41, 5.74) is 1.55. The number of hydrogen-bond donors (Lipinski definition) is 2. The number of carbonyl (C=O) groups excluding carboxylic acids is 1. The van der Waals surface area contributed by atoms with Crippen LogP contribution in [0.4, 0.5) is 13.6 Å². The van der Waals surface area contributed by atoms with Gasteiger partial charge in [-0.25, -0.2) is 23.4 Å². The van der Waals surface area contributed by atoms with E-state index in [0.29, 0.717) is 63.1 Å². The van der Waals surface area contributed by atoms with Gasteiger partial charge in [0.05, 0.1) is 18.1 Å². The van der Waals surface area contributed by atoms with Crippen molar-refractivity contribution in [3.63, 3.8) is 0 Å². The second-order valence-corrected chi connectivity index (χ2v) is 10.7. The number of carbonyl (C=O) groups is 1. The van der Waals surface area contributed by atoms with Gasteiger partial charge in [-0.15, -0.1) is 0 Å². The SMILES string of the molecule is CCC1CN=C2[C@H](NC(=O)N3CCC(n4c(=O)[nH]c5ncccc54)CC3)CC[C@@H](c3cccc(F)c3F)CN21. The number of aromatic nitrogens is 3. The number of pyridine rings is 1. The maximum absolute atomic E-state index is 14.7. The molecule has 5 heterocycles. The number of halogens is 2. The first-order valence-corrected chi connectivity index (χ1v) is 13.8. The molecule has 3 aliphatic heterocycles. The molecule has 2 fully saturated rings. The maximum atomic E-state index is 14.7. The molecule has 3 aliphatic rings. The molecule has 0 saturated carbocycles. The normalized spacial score (nSPS) is 24.0. The number of aliphatic imine (C=N–C) groups is 1. The van der Waals surface area contributed by atoms with Gasteiger partial charge in [0, 0.05) is 43.8 Å². The smallest absolute Gasteiger partial charge is 0.327 e. The summed E-state index contributed by atoms with van der Waals surface area (Å²) in [6, 6.07) is 7.76. The number of rotatable bonds is 4. The largest absolute Gasteiger partial charge is 0.353 e. The fourth-order valence-electron chi connectivity index (χ4n) is 6.42. The molecule has 1 unspecified atom stereocenters. The zero-order chi connectivity index (χ0) is 27.1. The van der Waals surface area contributed by atoms with Crippen molar-refractivity contribution in [2.75, 3.05) is 26.2 Å². The van der Waals surface area contributed by atoms with Crippen LogP contribution in [0.15, 0.2) is 46.3 Å². The molecule has 1 aromatic carbocycles. The van der Waals surface area contributed by atoms with Gasteiger partial charge < -0.3 is 15.1 Å². The number of likely N-dealkylation sites (tertiary alicyclic amines) is 1. The lowest BCUT2D eigenvalue weighted by atomic mass is 9.92. The van der Waals surface area contributed by atoms with Crippen molar-refractivity contribution in [3.8, 4) is 0 Å². The number of urea groups is 1. The molecule has 0 spiro atoms. The van der Waals surface area contributed by atoms with Gasteiger partial charge in [-0.1, -0.05) is 19.1 Å². The molecule has 2 N–H and O–H groups in total. The van der Waals surface area contributed by atoms with Gasteiger partial charge in [0.15, 0.2) is 17.3 Å². The highest BCUT2D eigenvalue weighted by Gasteiger charge is 2.39. The van der Waals surface area contributed by atoms with E-state index in [-0.39, 0.29) is 35.8 Å². The molecule has 2 saturated heterocycles. The second-order valence-electron chi connectivity index (χ2n) is 10.7. The van der Waals surface area contributed by atoms with E-state index in [4.69, 9.17) is 4.99 Å². The highest BCUT2D eigenvalue weighted by molar-refractivity contribution is 5.93. The van der Waals surface area contributed by atoms with Crippen LogP contribution >= 0.6 is 0 Å². The van der Waals surface area contributed by atoms with Crippen LogP contribution in [0.1, 0.15) is 56.6 Å². The van der Waals surface area contributed by atoms with Crippen LogP contribution in [-0.2, 0) is 0 Å². The first kappa shape index (κ1) is 25.5. The molecule has 39 heavy (non-hydrogen) atoms. The quantitative estimate of drug-likeness (QED) is 0.529. The molecule has 3 atom stereocenters. The molecule has 6 rings (SSSR count). The zero-order valence-corrected chi connectivity index (χ0v) is 21.9. The Morgan fingerprint density at radius 3 is 2.74 bits per heavy atom. The summed E-state index contributed by atoms with van der Waals surface area (Å²) in [5, 5.41) is 3.20. The van der Waals surface area contributed by atoms with Crippen LogP contribution in [0.5, 0.6) is 0 Å². The number of H-pyrrole nitrogens is 1. The number of fused-ring (bicyclic) bond motifs is 2. The minimum Gasteiger partial charge on any atom is -0.353 e. The number of amides is 2. The van der Waals surface area contributed by atoms with Crippen molar-refractivity contribution in [2.45, 2.75) is 63.1 Å². The molecule has 0 aliphatic carbocycles. The van der Waals surface area contributed by atoms with Gasteiger partial charge >= 0.3 is 11.7 Å². The first-order valence-electron chi connectivity index (χ1n) is 13.8. The molecule has 0 bridgehead atoms. The van der Waals surface area contributed by atoms with Crippen molar-refractivity contribution < 1.29 is 13.6 Å². The van der Waals surface area contributed by atoms with E-state index in [1.165, 1.54) is 0 Å². The van der Waals surface area contributed by atoms with E-state index in [1.54, 1.807) is 27.8 Å². The molecule has 9 nitrogen and oxygen atoms in total. The maximum Gasteiger partial charge on any atom is 0.327 e. The van der Waals surface area contributed by atoms with Gasteiger partial charge in [0.25, 0.3) is 0 Å². The standard InChI is InChI=1S/C28H33F2N7O2/c1-2-18-15-32-26-22(9-8-17(16-36(18)26)20-5-3-6-21(29)24(20)30)33-27(38)35-13-10-19(11-14-35)37-23-7-4-12-31-25(23)34-28(37)39/h3-7,12,17-19,22H,2,8-11,13-16H2,1H3,(H,33,38)(H,31,34,39)/t17-,18?,22-/m1/s1. The average molecular weight is 538 g/mol. The van der Waals surface area contributed by atoms with Crippen LogP contribution in [0.2, 0.25) is 0 Å². The summed E-state index contributed by atoms with van der Waals surface area (Å²) in [7, 11) is 0. The van der Waals surface area contributed by atoms with E-state index in [2.05, 4.69) is 27.1 Å². The lowest BCUT2D eigenvalue weighted by molar-refractivity contribution is 0.170. The number of benzene rings is 1. The number of piperidine rings is 1. The van der Waals surface area contributed by atoms with Crippen LogP contribution in [0.25, 0.3) is 11.2 Å². The summed E-state index contributed by atoms with van der Waals surface area (Å²) < 4.78 is 30.5. The third kappa shape index (κ3) is 4.68. The van der Waals surface area contributed by atoms with Crippen LogP contribution in [0.3, 0.4) is 0 Å². The number of imidazole rings is 1. The number of aromatic amines is 1. The fraction of sp³-hybridized carbons (Fsp3) is 0.500. The van der Waals surface area contributed by atoms with E-state index in [1.807, 2.05) is 12.1 Å². The number of nitrogens with zero attached hydrogens (tertiary/aromatic N) is 5. The summed E-state index contributed by atoms with van der Waals surface area (Å²) >= 11 is 0. The van der Waals surface area contributed by atoms with Crippen LogP contribution in [0, 0.1) is 11.6 Å². The van der Waals surface area contributed by atoms with Crippen molar-refractivity contribution in [1.29, 1.82) is 0 Å². The Balaban J connectivity index is 1.15. The summed E-state index contributed by atoms with van der Waals surface area (Å²) in [4.78, 5) is 41.8. The number of amidine groups is 1. The third-order valence-corrected chi connectivity index (χ3v) is 8.53. The topological polar surface area (TPSA) is 98.6 Å². The molecular formula is C28H33F2N7O2. The number of nitrogens with one attached hydrogen (secondary N) is 2. The highest BCUT2D eigenvalue weighted by Crippen LogP contribution is 2.33. The molecule has 0 radical (unpaired) electrons. The van der Waals surface area contributed by atoms with Crippen molar-refractivity contribution in [2.24, 2.45) is 4.99 Å². The predicted molar refractivity (Wildman–Crippen MR) is 144 cm³/mol. The van der Waals surface area contributed by atoms with Crippen LogP contribution in [-0.4, -0.2) is 74.5 Å². The third-order valence-electron chi connectivity index (χ3n) is 8.53.